The molecule has 0 aliphatic carbocycles. The average Bonchev–Trinajstić information content (AvgIpc) is 3.61. The normalized spacial score (nSPS) is 13.5. The van der Waals surface area contributed by atoms with Crippen LogP contribution < -0.4 is 25.6 Å². The van der Waals surface area contributed by atoms with Crippen molar-refractivity contribution in [1.29, 1.82) is 0 Å². The molecule has 0 amide bonds. The predicted molar refractivity (Wildman–Crippen MR) is 225 cm³/mol. The van der Waals surface area contributed by atoms with Gasteiger partial charge in [0.1, 0.15) is 11.1 Å². The first-order valence-electron chi connectivity index (χ1n) is 18.5. The molecule has 0 saturated heterocycles. The molecule has 0 fully saturated rings. The molecule has 0 atom stereocenters. The minimum absolute atomic E-state index is 0.160. The molecule has 3 heterocycles. The third-order valence-electron chi connectivity index (χ3n) is 11.3. The number of hydrogen-bond acceptors (Lipinski definition) is 4. The summed E-state index contributed by atoms with van der Waals surface area (Å²) in [5.41, 5.74) is 9.95. The van der Waals surface area contributed by atoms with Gasteiger partial charge in [-0.05, 0) is 61.7 Å². The van der Waals surface area contributed by atoms with Gasteiger partial charge in [0.2, 0.25) is 5.71 Å². The Morgan fingerprint density at radius 3 is 1.56 bits per heavy atom. The monoisotopic (exact) mass is 711 g/mol. The third kappa shape index (κ3) is 4.82. The molecule has 9 aromatic rings. The number of nitrogens with zero attached hydrogens (tertiary/aromatic N) is 3. The topological polar surface area (TPSA) is 42.2 Å². The Morgan fingerprint density at radius 2 is 1.00 bits per heavy atom. The van der Waals surface area contributed by atoms with Gasteiger partial charge in [-0.15, -0.1) is 0 Å². The van der Waals surface area contributed by atoms with Crippen molar-refractivity contribution in [2.24, 2.45) is 0 Å². The quantitative estimate of drug-likeness (QED) is 0.127. The number of para-hydroxylation sites is 2. The molecule has 258 valence electrons. The highest BCUT2D eigenvalue weighted by Gasteiger charge is 2.41. The van der Waals surface area contributed by atoms with E-state index in [4.69, 9.17) is 9.40 Å². The molecule has 0 bridgehead atoms. The Morgan fingerprint density at radius 1 is 0.519 bits per heavy atom. The largest absolute Gasteiger partial charge is 0.436 e. The Balaban J connectivity index is 1.21. The van der Waals surface area contributed by atoms with E-state index in [2.05, 4.69) is 200 Å². The van der Waals surface area contributed by atoms with Crippen molar-refractivity contribution < 1.29 is 4.42 Å². The molecule has 10 rings (SSSR count). The van der Waals surface area contributed by atoms with Crippen LogP contribution in [0.4, 0.5) is 17.1 Å². The van der Waals surface area contributed by atoms with Crippen molar-refractivity contribution in [3.05, 3.63) is 199 Å². The van der Waals surface area contributed by atoms with E-state index < -0.39 is 8.07 Å². The van der Waals surface area contributed by atoms with Crippen molar-refractivity contribution >= 4 is 68.1 Å². The van der Waals surface area contributed by atoms with E-state index in [1.165, 1.54) is 43.2 Å². The van der Waals surface area contributed by atoms with Gasteiger partial charge in [0.15, 0.2) is 8.07 Å². The molecule has 54 heavy (non-hydrogen) atoms. The van der Waals surface area contributed by atoms with Gasteiger partial charge in [0.05, 0.1) is 16.8 Å². The molecular formula is C49H37N3OSi. The predicted octanol–water partition coefficient (Wildman–Crippen LogP) is 9.53. The molecule has 0 unspecified atom stereocenters. The Hall–Kier alpha value is -6.56. The smallest absolute Gasteiger partial charge is 0.246 e. The SMILES string of the molecule is CC1(C)c2ccccc2N(c2cc(-c3ccc([Si](c4ccccc4)(c4ccccc4)c4ccccc4)cc3)c3oc4nccnc4c3c2)c2ccccc21. The zero-order chi connectivity index (χ0) is 36.3. The molecule has 0 N–H and O–H groups in total. The summed E-state index contributed by atoms with van der Waals surface area (Å²) in [7, 11) is -2.69. The summed E-state index contributed by atoms with van der Waals surface area (Å²) in [5, 5.41) is 6.30. The maximum absolute atomic E-state index is 6.57. The molecule has 2 aromatic heterocycles. The van der Waals surface area contributed by atoms with E-state index in [1.807, 2.05) is 0 Å². The number of anilines is 3. The molecule has 1 aliphatic rings. The van der Waals surface area contributed by atoms with Crippen LogP contribution in [0.2, 0.25) is 0 Å². The fourth-order valence-corrected chi connectivity index (χ4v) is 13.6. The minimum Gasteiger partial charge on any atom is -0.436 e. The lowest BCUT2D eigenvalue weighted by Crippen LogP contribution is -2.74. The first-order chi connectivity index (χ1) is 26.5. The maximum Gasteiger partial charge on any atom is 0.246 e. The summed E-state index contributed by atoms with van der Waals surface area (Å²) < 4.78 is 6.57. The van der Waals surface area contributed by atoms with Crippen molar-refractivity contribution in [1.82, 2.24) is 9.97 Å². The van der Waals surface area contributed by atoms with E-state index in [-0.39, 0.29) is 5.41 Å². The number of hydrogen-bond donors (Lipinski definition) is 0. The molecule has 5 heteroatoms. The van der Waals surface area contributed by atoms with Gasteiger partial charge in [-0.1, -0.05) is 166 Å². The highest BCUT2D eigenvalue weighted by molar-refractivity contribution is 7.19. The maximum atomic E-state index is 6.57. The minimum atomic E-state index is -2.69. The Bertz CT molecular complexity index is 2650. The lowest BCUT2D eigenvalue weighted by atomic mass is 9.73. The summed E-state index contributed by atoms with van der Waals surface area (Å²) in [4.78, 5) is 11.8. The van der Waals surface area contributed by atoms with Crippen LogP contribution in [-0.4, -0.2) is 18.0 Å². The van der Waals surface area contributed by atoms with Gasteiger partial charge in [-0.2, -0.15) is 0 Å². The first kappa shape index (κ1) is 32.1. The highest BCUT2D eigenvalue weighted by atomic mass is 28.3. The molecule has 0 radical (unpaired) electrons. The third-order valence-corrected chi connectivity index (χ3v) is 16.1. The summed E-state index contributed by atoms with van der Waals surface area (Å²) >= 11 is 0. The fraction of sp³-hybridized carbons (Fsp3) is 0.0612. The van der Waals surface area contributed by atoms with Gasteiger partial charge in [0.25, 0.3) is 0 Å². The number of benzene rings is 7. The number of rotatable bonds is 6. The van der Waals surface area contributed by atoms with Crippen molar-refractivity contribution in [2.45, 2.75) is 19.3 Å². The van der Waals surface area contributed by atoms with E-state index in [9.17, 15) is 0 Å². The summed E-state index contributed by atoms with van der Waals surface area (Å²) in [6, 6.07) is 64.4. The fourth-order valence-electron chi connectivity index (χ4n) is 8.84. The van der Waals surface area contributed by atoms with Crippen LogP contribution in [0.25, 0.3) is 33.3 Å². The van der Waals surface area contributed by atoms with Crippen LogP contribution in [0.5, 0.6) is 0 Å². The first-order valence-corrected chi connectivity index (χ1v) is 20.5. The van der Waals surface area contributed by atoms with Crippen LogP contribution in [0, 0.1) is 0 Å². The summed E-state index contributed by atoms with van der Waals surface area (Å²) in [6.07, 6.45) is 3.44. The number of aromatic nitrogens is 2. The zero-order valence-corrected chi connectivity index (χ0v) is 31.1. The summed E-state index contributed by atoms with van der Waals surface area (Å²) in [6.45, 7) is 4.64. The van der Waals surface area contributed by atoms with E-state index in [0.29, 0.717) is 5.71 Å². The van der Waals surface area contributed by atoms with Crippen LogP contribution >= 0.6 is 0 Å². The molecule has 0 saturated carbocycles. The highest BCUT2D eigenvalue weighted by Crippen LogP contribution is 2.52. The Labute approximate surface area is 316 Å². The average molecular weight is 712 g/mol. The number of furan rings is 1. The van der Waals surface area contributed by atoms with Crippen LogP contribution in [0.1, 0.15) is 25.0 Å². The van der Waals surface area contributed by atoms with Crippen LogP contribution in [0.3, 0.4) is 0 Å². The van der Waals surface area contributed by atoms with Crippen LogP contribution in [-0.2, 0) is 5.41 Å². The Kier molecular flexibility index (Phi) is 7.46. The van der Waals surface area contributed by atoms with Gasteiger partial charge in [-0.3, -0.25) is 0 Å². The molecular weight excluding hydrogens is 675 g/mol. The van der Waals surface area contributed by atoms with Crippen molar-refractivity contribution in [3.63, 3.8) is 0 Å². The van der Waals surface area contributed by atoms with Gasteiger partial charge in [-0.25, -0.2) is 9.97 Å². The second-order valence-corrected chi connectivity index (χ2v) is 18.4. The molecule has 4 nitrogen and oxygen atoms in total. The van der Waals surface area contributed by atoms with Gasteiger partial charge < -0.3 is 9.32 Å². The molecule has 0 spiro atoms. The van der Waals surface area contributed by atoms with Crippen LogP contribution in [0.15, 0.2) is 193 Å². The van der Waals surface area contributed by atoms with Crippen molar-refractivity contribution in [2.75, 3.05) is 4.90 Å². The standard InChI is InChI=1S/C49H37N3OSi/c1-49(2)42-22-12-14-24-44(42)52(45-25-15-13-23-43(45)49)35-32-40(47-41(33-35)46-48(53-47)51-31-30-50-46)34-26-28-39(29-27-34)54(36-16-6-3-7-17-36,37-18-8-4-9-19-37)38-20-10-5-11-21-38/h3-33H,1-2H3. The number of fused-ring (bicyclic) bond motifs is 5. The second kappa shape index (κ2) is 12.5. The van der Waals surface area contributed by atoms with Gasteiger partial charge >= 0.3 is 0 Å². The summed E-state index contributed by atoms with van der Waals surface area (Å²) in [5.74, 6) is 0. The second-order valence-electron chi connectivity index (χ2n) is 14.6. The van der Waals surface area contributed by atoms with E-state index in [0.717, 1.165) is 33.3 Å². The zero-order valence-electron chi connectivity index (χ0n) is 30.1. The lowest BCUT2D eigenvalue weighted by Gasteiger charge is -2.42. The van der Waals surface area contributed by atoms with E-state index in [1.54, 1.807) is 12.4 Å². The molecule has 1 aliphatic heterocycles. The lowest BCUT2D eigenvalue weighted by molar-refractivity contribution is 0.632. The van der Waals surface area contributed by atoms with E-state index >= 15 is 0 Å². The molecule has 7 aromatic carbocycles. The van der Waals surface area contributed by atoms with Crippen molar-refractivity contribution in [3.8, 4) is 11.1 Å². The van der Waals surface area contributed by atoms with Gasteiger partial charge in [0, 0.05) is 29.1 Å².